The van der Waals surface area contributed by atoms with E-state index in [1.807, 2.05) is 11.8 Å². The lowest BCUT2D eigenvalue weighted by molar-refractivity contribution is 0.200. The van der Waals surface area contributed by atoms with Crippen LogP contribution >= 0.6 is 11.8 Å². The number of methoxy groups -OCH3 is 1. The van der Waals surface area contributed by atoms with E-state index in [2.05, 4.69) is 19.2 Å². The van der Waals surface area contributed by atoms with E-state index in [1.165, 1.54) is 12.2 Å². The molecule has 3 heteroatoms. The maximum Gasteiger partial charge on any atom is 0.0587 e. The number of thioether (sulfide) groups is 1. The van der Waals surface area contributed by atoms with E-state index in [0.29, 0.717) is 0 Å². The van der Waals surface area contributed by atoms with Gasteiger partial charge in [0, 0.05) is 31.2 Å². The summed E-state index contributed by atoms with van der Waals surface area (Å²) < 4.78 is 4.92. The maximum absolute atomic E-state index is 4.92. The SMILES string of the molecule is CCC(C)SCCNCCOC. The van der Waals surface area contributed by atoms with E-state index in [9.17, 15) is 0 Å². The van der Waals surface area contributed by atoms with Crippen LogP contribution in [-0.4, -0.2) is 37.8 Å². The first-order valence-corrected chi connectivity index (χ1v) is 5.67. The van der Waals surface area contributed by atoms with Gasteiger partial charge in [0.1, 0.15) is 0 Å². The highest BCUT2D eigenvalue weighted by Gasteiger charge is 1.97. The highest BCUT2D eigenvalue weighted by Crippen LogP contribution is 2.11. The summed E-state index contributed by atoms with van der Waals surface area (Å²) in [5, 5.41) is 4.12. The zero-order valence-corrected chi connectivity index (χ0v) is 9.25. The predicted molar refractivity (Wildman–Crippen MR) is 57.0 cm³/mol. The van der Waals surface area contributed by atoms with Crippen molar-refractivity contribution >= 4 is 11.8 Å². The number of hydrogen-bond donors (Lipinski definition) is 1. The first kappa shape index (κ1) is 12.3. The van der Waals surface area contributed by atoms with E-state index < -0.39 is 0 Å². The molecular weight excluding hydrogens is 170 g/mol. The molecule has 0 aromatic heterocycles. The monoisotopic (exact) mass is 191 g/mol. The van der Waals surface area contributed by atoms with Gasteiger partial charge in [-0.2, -0.15) is 11.8 Å². The Hall–Kier alpha value is 0.270. The predicted octanol–water partition coefficient (Wildman–Crippen LogP) is 1.75. The van der Waals surface area contributed by atoms with Crippen LogP contribution in [0.2, 0.25) is 0 Å². The largest absolute Gasteiger partial charge is 0.383 e. The lowest BCUT2D eigenvalue weighted by Crippen LogP contribution is -2.22. The molecule has 0 fully saturated rings. The summed E-state index contributed by atoms with van der Waals surface area (Å²) in [5.74, 6) is 1.21. The quantitative estimate of drug-likeness (QED) is 0.591. The van der Waals surface area contributed by atoms with Gasteiger partial charge in [0.25, 0.3) is 0 Å². The average molecular weight is 191 g/mol. The molecule has 0 radical (unpaired) electrons. The second kappa shape index (κ2) is 9.36. The molecule has 1 unspecified atom stereocenters. The molecule has 0 spiro atoms. The van der Waals surface area contributed by atoms with Crippen molar-refractivity contribution in [2.24, 2.45) is 0 Å². The number of rotatable bonds is 8. The van der Waals surface area contributed by atoms with E-state index in [-0.39, 0.29) is 0 Å². The summed E-state index contributed by atoms with van der Waals surface area (Å²) in [6.07, 6.45) is 1.27. The van der Waals surface area contributed by atoms with Gasteiger partial charge in [-0.25, -0.2) is 0 Å². The molecule has 0 bridgehead atoms. The molecule has 0 aromatic carbocycles. The van der Waals surface area contributed by atoms with Crippen LogP contribution in [0.25, 0.3) is 0 Å². The summed E-state index contributed by atoms with van der Waals surface area (Å²) in [5.41, 5.74) is 0. The van der Waals surface area contributed by atoms with Gasteiger partial charge in [0.05, 0.1) is 6.61 Å². The Morgan fingerprint density at radius 1 is 1.42 bits per heavy atom. The molecule has 0 aromatic rings. The normalized spacial score (nSPS) is 13.2. The smallest absolute Gasteiger partial charge is 0.0587 e. The first-order chi connectivity index (χ1) is 5.81. The molecule has 0 heterocycles. The van der Waals surface area contributed by atoms with Gasteiger partial charge < -0.3 is 10.1 Å². The van der Waals surface area contributed by atoms with E-state index >= 15 is 0 Å². The van der Waals surface area contributed by atoms with Gasteiger partial charge >= 0.3 is 0 Å². The molecular formula is C9H21NOS. The molecule has 0 aliphatic carbocycles. The molecule has 1 N–H and O–H groups in total. The van der Waals surface area contributed by atoms with Crippen LogP contribution in [0.4, 0.5) is 0 Å². The number of nitrogens with one attached hydrogen (secondary N) is 1. The molecule has 1 atom stereocenters. The third-order valence-corrected chi connectivity index (χ3v) is 3.08. The van der Waals surface area contributed by atoms with Crippen LogP contribution in [0.3, 0.4) is 0 Å². The summed E-state index contributed by atoms with van der Waals surface area (Å²) in [6, 6.07) is 0. The van der Waals surface area contributed by atoms with Gasteiger partial charge in [-0.15, -0.1) is 0 Å². The van der Waals surface area contributed by atoms with Gasteiger partial charge in [-0.05, 0) is 6.42 Å². The van der Waals surface area contributed by atoms with Crippen LogP contribution in [0.15, 0.2) is 0 Å². The Morgan fingerprint density at radius 2 is 2.17 bits per heavy atom. The van der Waals surface area contributed by atoms with Crippen molar-refractivity contribution in [2.45, 2.75) is 25.5 Å². The Labute approximate surface area is 80.4 Å². The van der Waals surface area contributed by atoms with Crippen molar-refractivity contribution in [3.63, 3.8) is 0 Å². The van der Waals surface area contributed by atoms with E-state index in [0.717, 1.165) is 24.9 Å². The molecule has 0 aliphatic heterocycles. The van der Waals surface area contributed by atoms with Crippen LogP contribution in [0.5, 0.6) is 0 Å². The summed E-state index contributed by atoms with van der Waals surface area (Å²) in [4.78, 5) is 0. The van der Waals surface area contributed by atoms with Crippen LogP contribution in [0.1, 0.15) is 20.3 Å². The molecule has 0 saturated carbocycles. The molecule has 0 rings (SSSR count). The second-order valence-corrected chi connectivity index (χ2v) is 4.38. The summed E-state index contributed by atoms with van der Waals surface area (Å²) >= 11 is 2.03. The molecule has 74 valence electrons. The van der Waals surface area contributed by atoms with Crippen molar-refractivity contribution in [1.29, 1.82) is 0 Å². The van der Waals surface area contributed by atoms with Crippen LogP contribution < -0.4 is 5.32 Å². The van der Waals surface area contributed by atoms with Crippen molar-refractivity contribution in [3.8, 4) is 0 Å². The first-order valence-electron chi connectivity index (χ1n) is 4.62. The fraction of sp³-hybridized carbons (Fsp3) is 1.00. The van der Waals surface area contributed by atoms with Gasteiger partial charge in [-0.3, -0.25) is 0 Å². The summed E-state index contributed by atoms with van der Waals surface area (Å²) in [6.45, 7) is 7.39. The Morgan fingerprint density at radius 3 is 2.75 bits per heavy atom. The molecule has 2 nitrogen and oxygen atoms in total. The molecule has 0 aliphatic rings. The lowest BCUT2D eigenvalue weighted by Gasteiger charge is -2.08. The van der Waals surface area contributed by atoms with Gasteiger partial charge in [-0.1, -0.05) is 13.8 Å². The topological polar surface area (TPSA) is 21.3 Å². The zero-order valence-electron chi connectivity index (χ0n) is 8.43. The molecule has 0 saturated heterocycles. The van der Waals surface area contributed by atoms with Gasteiger partial charge in [0.15, 0.2) is 0 Å². The molecule has 12 heavy (non-hydrogen) atoms. The Balaban J connectivity index is 2.90. The van der Waals surface area contributed by atoms with Crippen molar-refractivity contribution in [1.82, 2.24) is 5.32 Å². The number of ether oxygens (including phenoxy) is 1. The molecule has 0 amide bonds. The minimum Gasteiger partial charge on any atom is -0.383 e. The van der Waals surface area contributed by atoms with Crippen molar-refractivity contribution in [3.05, 3.63) is 0 Å². The van der Waals surface area contributed by atoms with Gasteiger partial charge in [0.2, 0.25) is 0 Å². The fourth-order valence-electron chi connectivity index (χ4n) is 0.749. The Bertz CT molecular complexity index is 90.6. The van der Waals surface area contributed by atoms with E-state index in [4.69, 9.17) is 4.74 Å². The van der Waals surface area contributed by atoms with Crippen molar-refractivity contribution < 1.29 is 4.74 Å². The second-order valence-electron chi connectivity index (χ2n) is 2.83. The van der Waals surface area contributed by atoms with Crippen molar-refractivity contribution in [2.75, 3.05) is 32.6 Å². The van der Waals surface area contributed by atoms with E-state index in [1.54, 1.807) is 7.11 Å². The summed E-state index contributed by atoms with van der Waals surface area (Å²) in [7, 11) is 1.73. The Kier molecular flexibility index (Phi) is 9.57. The highest BCUT2D eigenvalue weighted by atomic mass is 32.2. The third kappa shape index (κ3) is 8.37. The average Bonchev–Trinajstić information content (AvgIpc) is 2.10. The highest BCUT2D eigenvalue weighted by molar-refractivity contribution is 7.99. The number of hydrogen-bond acceptors (Lipinski definition) is 3. The van der Waals surface area contributed by atoms with Crippen LogP contribution in [0, 0.1) is 0 Å². The minimum absolute atomic E-state index is 0.800. The third-order valence-electron chi connectivity index (χ3n) is 1.74. The minimum atomic E-state index is 0.800. The van der Waals surface area contributed by atoms with Crippen LogP contribution in [-0.2, 0) is 4.74 Å². The lowest BCUT2D eigenvalue weighted by atomic mass is 10.4. The standard InChI is InChI=1S/C9H21NOS/c1-4-9(2)12-8-6-10-5-7-11-3/h9-10H,4-8H2,1-3H3. The maximum atomic E-state index is 4.92. The fourth-order valence-corrected chi connectivity index (χ4v) is 1.65. The zero-order chi connectivity index (χ0) is 9.23.